The molecule has 0 bridgehead atoms. The van der Waals surface area contributed by atoms with Gasteiger partial charge >= 0.3 is 0 Å². The second kappa shape index (κ2) is 3.62. The van der Waals surface area contributed by atoms with E-state index in [0.29, 0.717) is 13.2 Å². The van der Waals surface area contributed by atoms with Crippen LogP contribution in [-0.2, 0) is 4.74 Å². The number of ether oxygens (including phenoxy) is 1. The van der Waals surface area contributed by atoms with Crippen LogP contribution in [-0.4, -0.2) is 49.8 Å². The summed E-state index contributed by atoms with van der Waals surface area (Å²) in [6, 6.07) is 2.39. The Hall–Kier alpha value is -0.630. The van der Waals surface area contributed by atoms with Gasteiger partial charge in [-0.05, 0) is 13.0 Å². The van der Waals surface area contributed by atoms with E-state index in [2.05, 4.69) is 16.3 Å². The van der Waals surface area contributed by atoms with Crippen molar-refractivity contribution >= 4 is 0 Å². The average molecular weight is 181 g/mol. The molecular weight excluding hydrogens is 166 g/mol. The smallest absolute Gasteiger partial charge is 0.156 e. The van der Waals surface area contributed by atoms with Crippen molar-refractivity contribution in [3.8, 4) is 6.07 Å². The third-order valence-electron chi connectivity index (χ3n) is 2.84. The van der Waals surface area contributed by atoms with E-state index in [4.69, 9.17) is 10.00 Å². The van der Waals surface area contributed by atoms with Crippen molar-refractivity contribution in [3.05, 3.63) is 0 Å². The van der Waals surface area contributed by atoms with Gasteiger partial charge in [0.1, 0.15) is 0 Å². The van der Waals surface area contributed by atoms with Crippen molar-refractivity contribution in [2.75, 3.05) is 39.4 Å². The van der Waals surface area contributed by atoms with E-state index in [9.17, 15) is 0 Å². The zero-order valence-corrected chi connectivity index (χ0v) is 7.75. The minimum Gasteiger partial charge on any atom is -0.375 e. The van der Waals surface area contributed by atoms with E-state index in [1.54, 1.807) is 0 Å². The van der Waals surface area contributed by atoms with Gasteiger partial charge in [0.05, 0.1) is 19.3 Å². The zero-order valence-electron chi connectivity index (χ0n) is 7.75. The second-order valence-corrected chi connectivity index (χ2v) is 3.73. The molecule has 1 N–H and O–H groups in total. The predicted octanol–water partition coefficient (Wildman–Crippen LogP) is -0.426. The third kappa shape index (κ3) is 1.55. The van der Waals surface area contributed by atoms with Crippen molar-refractivity contribution in [1.82, 2.24) is 10.2 Å². The standard InChI is InChI=1S/C9H15N3O/c10-6-9(7-13-8-9)12-4-1-2-11-3-5-12/h11H,1-5,7-8H2. The van der Waals surface area contributed by atoms with E-state index in [0.717, 1.165) is 32.6 Å². The molecule has 2 aliphatic rings. The summed E-state index contributed by atoms with van der Waals surface area (Å²) < 4.78 is 5.14. The van der Waals surface area contributed by atoms with Gasteiger partial charge < -0.3 is 10.1 Å². The van der Waals surface area contributed by atoms with E-state index in [1.165, 1.54) is 0 Å². The Bertz CT molecular complexity index is 211. The highest BCUT2D eigenvalue weighted by molar-refractivity contribution is 5.13. The lowest BCUT2D eigenvalue weighted by Crippen LogP contribution is -2.62. The molecule has 2 rings (SSSR count). The molecule has 2 aliphatic heterocycles. The molecule has 0 amide bonds. The SMILES string of the molecule is N#CC1(N2CCCNCC2)COC1. The molecule has 0 aliphatic carbocycles. The summed E-state index contributed by atoms with van der Waals surface area (Å²) in [4.78, 5) is 2.26. The highest BCUT2D eigenvalue weighted by Gasteiger charge is 2.44. The average Bonchev–Trinajstić information content (AvgIpc) is 2.32. The van der Waals surface area contributed by atoms with E-state index < -0.39 is 0 Å². The van der Waals surface area contributed by atoms with Crippen molar-refractivity contribution in [2.45, 2.75) is 12.0 Å². The third-order valence-corrected chi connectivity index (χ3v) is 2.84. The van der Waals surface area contributed by atoms with Crippen LogP contribution in [0.1, 0.15) is 6.42 Å². The summed E-state index contributed by atoms with van der Waals surface area (Å²) in [6.45, 7) is 5.22. The summed E-state index contributed by atoms with van der Waals surface area (Å²) >= 11 is 0. The van der Waals surface area contributed by atoms with Crippen molar-refractivity contribution < 1.29 is 4.74 Å². The molecule has 0 saturated carbocycles. The predicted molar refractivity (Wildman–Crippen MR) is 48.2 cm³/mol. The van der Waals surface area contributed by atoms with Crippen LogP contribution in [0.5, 0.6) is 0 Å². The van der Waals surface area contributed by atoms with Crippen LogP contribution in [0.15, 0.2) is 0 Å². The van der Waals surface area contributed by atoms with Gasteiger partial charge in [-0.2, -0.15) is 5.26 Å². The first kappa shape index (κ1) is 8.95. The number of nitrogens with zero attached hydrogens (tertiary/aromatic N) is 2. The molecule has 2 saturated heterocycles. The van der Waals surface area contributed by atoms with Gasteiger partial charge in [0.25, 0.3) is 0 Å². The quantitative estimate of drug-likeness (QED) is 0.596. The van der Waals surface area contributed by atoms with Crippen LogP contribution in [0.2, 0.25) is 0 Å². The van der Waals surface area contributed by atoms with Gasteiger partial charge in [-0.25, -0.2) is 0 Å². The Morgan fingerprint density at radius 3 is 2.77 bits per heavy atom. The Morgan fingerprint density at radius 2 is 2.15 bits per heavy atom. The molecule has 72 valence electrons. The van der Waals surface area contributed by atoms with Crippen LogP contribution in [0.25, 0.3) is 0 Å². The van der Waals surface area contributed by atoms with Gasteiger partial charge in [-0.15, -0.1) is 0 Å². The molecule has 0 aromatic rings. The Morgan fingerprint density at radius 1 is 1.31 bits per heavy atom. The summed E-state index contributed by atoms with van der Waals surface area (Å²) in [7, 11) is 0. The van der Waals surface area contributed by atoms with Crippen LogP contribution in [0.3, 0.4) is 0 Å². The number of nitriles is 1. The minimum atomic E-state index is -0.300. The van der Waals surface area contributed by atoms with Crippen molar-refractivity contribution in [1.29, 1.82) is 5.26 Å². The Kier molecular flexibility index (Phi) is 2.49. The number of nitrogens with one attached hydrogen (secondary N) is 1. The number of rotatable bonds is 1. The maximum atomic E-state index is 9.09. The summed E-state index contributed by atoms with van der Waals surface area (Å²) in [5.74, 6) is 0. The first-order chi connectivity index (χ1) is 6.37. The zero-order chi connectivity index (χ0) is 9.15. The molecule has 4 heteroatoms. The van der Waals surface area contributed by atoms with Gasteiger partial charge in [-0.3, -0.25) is 4.90 Å². The lowest BCUT2D eigenvalue weighted by Gasteiger charge is -2.43. The van der Waals surface area contributed by atoms with Crippen molar-refractivity contribution in [2.24, 2.45) is 0 Å². The molecule has 0 atom stereocenters. The van der Waals surface area contributed by atoms with Gasteiger partial charge in [0.2, 0.25) is 0 Å². The molecule has 2 fully saturated rings. The first-order valence-electron chi connectivity index (χ1n) is 4.82. The highest BCUT2D eigenvalue weighted by atomic mass is 16.5. The van der Waals surface area contributed by atoms with Crippen LogP contribution in [0.4, 0.5) is 0 Å². The topological polar surface area (TPSA) is 48.3 Å². The molecule has 0 unspecified atom stereocenters. The fourth-order valence-corrected chi connectivity index (χ4v) is 1.89. The summed E-state index contributed by atoms with van der Waals surface area (Å²) in [5.41, 5.74) is -0.300. The fraction of sp³-hybridized carbons (Fsp3) is 0.889. The largest absolute Gasteiger partial charge is 0.375 e. The lowest BCUT2D eigenvalue weighted by atomic mass is 9.97. The van der Waals surface area contributed by atoms with Crippen LogP contribution >= 0.6 is 0 Å². The van der Waals surface area contributed by atoms with E-state index in [1.807, 2.05) is 0 Å². The lowest BCUT2D eigenvalue weighted by molar-refractivity contribution is -0.106. The van der Waals surface area contributed by atoms with Gasteiger partial charge in [0.15, 0.2) is 5.54 Å². The van der Waals surface area contributed by atoms with Crippen LogP contribution < -0.4 is 5.32 Å². The molecule has 0 aromatic carbocycles. The molecule has 13 heavy (non-hydrogen) atoms. The summed E-state index contributed by atoms with van der Waals surface area (Å²) in [6.07, 6.45) is 1.13. The van der Waals surface area contributed by atoms with Crippen molar-refractivity contribution in [3.63, 3.8) is 0 Å². The molecular formula is C9H15N3O. The van der Waals surface area contributed by atoms with E-state index >= 15 is 0 Å². The Labute approximate surface area is 78.5 Å². The number of hydrogen-bond acceptors (Lipinski definition) is 4. The molecule has 2 heterocycles. The molecule has 4 nitrogen and oxygen atoms in total. The first-order valence-corrected chi connectivity index (χ1v) is 4.82. The fourth-order valence-electron chi connectivity index (χ4n) is 1.89. The van der Waals surface area contributed by atoms with E-state index in [-0.39, 0.29) is 5.54 Å². The normalized spacial score (nSPS) is 28.5. The highest BCUT2D eigenvalue weighted by Crippen LogP contribution is 2.24. The number of hydrogen-bond donors (Lipinski definition) is 1. The maximum Gasteiger partial charge on any atom is 0.156 e. The van der Waals surface area contributed by atoms with Gasteiger partial charge in [0, 0.05) is 19.6 Å². The maximum absolute atomic E-state index is 9.09. The Balaban J connectivity index is 2.01. The molecule has 0 radical (unpaired) electrons. The molecule has 0 aromatic heterocycles. The molecule has 0 spiro atoms. The van der Waals surface area contributed by atoms with Gasteiger partial charge in [-0.1, -0.05) is 0 Å². The summed E-state index contributed by atoms with van der Waals surface area (Å²) in [5, 5.41) is 12.4. The minimum absolute atomic E-state index is 0.300. The van der Waals surface area contributed by atoms with Crippen LogP contribution in [0, 0.1) is 11.3 Å². The second-order valence-electron chi connectivity index (χ2n) is 3.73. The monoisotopic (exact) mass is 181 g/mol.